The van der Waals surface area contributed by atoms with Gasteiger partial charge in [-0.1, -0.05) is 83.5 Å². The van der Waals surface area contributed by atoms with E-state index in [9.17, 15) is 46.4 Å². The Labute approximate surface area is 458 Å². The van der Waals surface area contributed by atoms with E-state index < -0.39 is 88.9 Å². The van der Waals surface area contributed by atoms with Crippen LogP contribution in [0.5, 0.6) is 0 Å². The normalized spacial score (nSPS) is 15.2. The van der Waals surface area contributed by atoms with Gasteiger partial charge in [-0.25, -0.2) is 36.2 Å². The Morgan fingerprint density at radius 2 is 1.51 bits per heavy atom. The van der Waals surface area contributed by atoms with Crippen LogP contribution >= 0.6 is 0 Å². The molecule has 3 aromatic carbocycles. The van der Waals surface area contributed by atoms with Crippen molar-refractivity contribution in [1.82, 2.24) is 44.5 Å². The van der Waals surface area contributed by atoms with Crippen molar-refractivity contribution in [2.75, 3.05) is 63.9 Å². The third-order valence-corrected chi connectivity index (χ3v) is 14.5. The van der Waals surface area contributed by atoms with Crippen molar-refractivity contribution in [2.45, 2.75) is 91.7 Å². The molecule has 4 N–H and O–H groups in total. The number of rotatable bonds is 24. The predicted octanol–water partition coefficient (Wildman–Crippen LogP) is 5.91. The second-order valence-corrected chi connectivity index (χ2v) is 22.8. The lowest BCUT2D eigenvalue weighted by atomic mass is 9.84. The van der Waals surface area contributed by atoms with E-state index >= 15 is 8.78 Å². The molecule has 2 aliphatic heterocycles. The Bertz CT molecular complexity index is 2950. The Kier molecular flexibility index (Phi) is 21.0. The first-order chi connectivity index (χ1) is 37.4. The molecular weight excluding hydrogens is 1050 g/mol. The number of imide groups is 1. The highest BCUT2D eigenvalue weighted by atomic mass is 32.2. The average Bonchev–Trinajstić information content (AvgIpc) is 4.18. The van der Waals surface area contributed by atoms with E-state index in [-0.39, 0.29) is 93.0 Å². The molecule has 1 fully saturated rings. The Balaban J connectivity index is 1.04. The van der Waals surface area contributed by atoms with Gasteiger partial charge in [0, 0.05) is 75.3 Å². The number of carbonyl (C=O) groups is 7. The van der Waals surface area contributed by atoms with Crippen molar-refractivity contribution in [3.8, 4) is 11.3 Å². The number of imidazole rings is 1. The van der Waals surface area contributed by atoms with Gasteiger partial charge >= 0.3 is 12.1 Å². The van der Waals surface area contributed by atoms with Crippen LogP contribution in [0.4, 0.5) is 28.4 Å². The topological polar surface area (TPSA) is 242 Å². The van der Waals surface area contributed by atoms with E-state index in [1.54, 1.807) is 48.9 Å². The van der Waals surface area contributed by atoms with Gasteiger partial charge in [0.2, 0.25) is 27.7 Å². The highest BCUT2D eigenvalue weighted by Crippen LogP contribution is 2.40. The lowest BCUT2D eigenvalue weighted by Gasteiger charge is -2.44. The Morgan fingerprint density at radius 1 is 0.835 bits per heavy atom. The first kappa shape index (κ1) is 60.6. The van der Waals surface area contributed by atoms with E-state index in [0.717, 1.165) is 34.9 Å². The molecule has 0 radical (unpaired) electrons. The third kappa shape index (κ3) is 17.4. The average molecular weight is 1120 g/mol. The van der Waals surface area contributed by atoms with Gasteiger partial charge in [0.05, 0.1) is 37.6 Å². The number of anilines is 1. The number of urea groups is 1. The molecule has 1 aromatic heterocycles. The molecule has 0 saturated carbocycles. The molecule has 0 bridgehead atoms. The maximum atomic E-state index is 16.5. The number of unbranched alkanes of at least 4 members (excludes halogenated alkanes) is 2. The lowest BCUT2D eigenvalue weighted by Crippen LogP contribution is -2.57. The molecule has 1 saturated heterocycles. The molecule has 8 amide bonds. The smallest absolute Gasteiger partial charge is 0.407 e. The molecule has 0 spiro atoms. The Morgan fingerprint density at radius 3 is 2.14 bits per heavy atom. The number of halogens is 3. The minimum atomic E-state index is -3.57. The fourth-order valence-corrected chi connectivity index (χ4v) is 9.89. The first-order valence-corrected chi connectivity index (χ1v) is 27.8. The molecule has 4 aromatic rings. The number of nitrogens with one attached hydrogen (secondary N) is 4. The summed E-state index contributed by atoms with van der Waals surface area (Å²) < 4.78 is 79.5. The Hall–Kier alpha value is -7.60. The largest absolute Gasteiger partial charge is 0.445 e. The summed E-state index contributed by atoms with van der Waals surface area (Å²) in [6.45, 7) is 7.55. The van der Waals surface area contributed by atoms with Gasteiger partial charge in [0.25, 0.3) is 11.8 Å². The van der Waals surface area contributed by atoms with Crippen molar-refractivity contribution in [3.63, 3.8) is 0 Å². The van der Waals surface area contributed by atoms with Gasteiger partial charge < -0.3 is 40.4 Å². The highest BCUT2D eigenvalue weighted by molar-refractivity contribution is 7.88. The SMILES string of the molecule is CC(C)C(NC(=O)CCCCCN1C(=O)C=CC1=O)C(=O)NCC(=O)Nc1ccc(COC(=O)NC[C@H](F)CN(C(=O)N2CCN(S(C)(=O)=O)CC2)[C@@H](c2nc(-c3cc(F)ccc3F)cn2Cc2ccccc2)C(C)(C)C)cc1. The van der Waals surface area contributed by atoms with Gasteiger partial charge in [-0.2, -0.15) is 4.31 Å². The monoisotopic (exact) mass is 1120 g/mol. The van der Waals surface area contributed by atoms with Crippen LogP contribution in [0, 0.1) is 23.0 Å². The molecule has 0 aliphatic carbocycles. The summed E-state index contributed by atoms with van der Waals surface area (Å²) in [6, 6.07) is 15.9. The number of nitrogens with zero attached hydrogens (tertiary/aromatic N) is 6. The van der Waals surface area contributed by atoms with Crippen LogP contribution < -0.4 is 21.3 Å². The number of benzene rings is 3. The number of aromatic nitrogens is 2. The number of amides is 8. The fourth-order valence-electron chi connectivity index (χ4n) is 9.06. The van der Waals surface area contributed by atoms with Crippen molar-refractivity contribution in [1.29, 1.82) is 0 Å². The molecular formula is C55H69F3N10O10S. The molecule has 79 heavy (non-hydrogen) atoms. The zero-order chi connectivity index (χ0) is 57.6. The number of piperazine rings is 1. The molecule has 3 atom stereocenters. The molecule has 20 nitrogen and oxygen atoms in total. The van der Waals surface area contributed by atoms with Gasteiger partial charge in [-0.3, -0.25) is 28.9 Å². The van der Waals surface area contributed by atoms with Crippen LogP contribution in [-0.4, -0.2) is 149 Å². The van der Waals surface area contributed by atoms with Crippen molar-refractivity contribution >= 4 is 57.4 Å². The van der Waals surface area contributed by atoms with Gasteiger partial charge in [0.1, 0.15) is 36.3 Å². The molecule has 2 aliphatic rings. The van der Waals surface area contributed by atoms with Crippen LogP contribution in [0.1, 0.15) is 83.3 Å². The molecule has 3 heterocycles. The summed E-state index contributed by atoms with van der Waals surface area (Å²) in [6.07, 6.45) is 3.90. The zero-order valence-corrected chi connectivity index (χ0v) is 46.0. The van der Waals surface area contributed by atoms with Crippen molar-refractivity contribution < 1.29 is 59.9 Å². The quantitative estimate of drug-likeness (QED) is 0.0475. The summed E-state index contributed by atoms with van der Waals surface area (Å²) in [5.74, 6) is -3.69. The highest BCUT2D eigenvalue weighted by Gasteiger charge is 2.42. The molecule has 24 heteroatoms. The second-order valence-electron chi connectivity index (χ2n) is 20.9. The number of ether oxygens (including phenoxy) is 1. The number of hydrogen-bond acceptors (Lipinski definition) is 11. The van der Waals surface area contributed by atoms with Crippen LogP contribution in [0.15, 0.2) is 91.1 Å². The maximum Gasteiger partial charge on any atom is 0.407 e. The minimum absolute atomic E-state index is 0.00316. The van der Waals surface area contributed by atoms with Gasteiger partial charge in [-0.15, -0.1) is 0 Å². The number of alkyl carbamates (subject to hydrolysis) is 1. The molecule has 426 valence electrons. The number of carbonyl (C=O) groups excluding carboxylic acids is 7. The van der Waals surface area contributed by atoms with Crippen molar-refractivity contribution in [2.24, 2.45) is 11.3 Å². The minimum Gasteiger partial charge on any atom is -0.445 e. The number of hydrogen-bond donors (Lipinski definition) is 4. The summed E-state index contributed by atoms with van der Waals surface area (Å²) in [5, 5.41) is 10.3. The zero-order valence-electron chi connectivity index (χ0n) is 45.2. The van der Waals surface area contributed by atoms with E-state index in [1.165, 1.54) is 26.3 Å². The lowest BCUT2D eigenvalue weighted by molar-refractivity contribution is -0.137. The van der Waals surface area contributed by atoms with E-state index in [1.807, 2.05) is 51.1 Å². The van der Waals surface area contributed by atoms with Crippen LogP contribution in [0.25, 0.3) is 11.3 Å². The summed E-state index contributed by atoms with van der Waals surface area (Å²) in [7, 11) is -3.57. The molecule has 6 rings (SSSR count). The first-order valence-electron chi connectivity index (χ1n) is 26.0. The van der Waals surface area contributed by atoms with E-state index in [2.05, 4.69) is 21.3 Å². The second kappa shape index (κ2) is 27.3. The predicted molar refractivity (Wildman–Crippen MR) is 288 cm³/mol. The third-order valence-electron chi connectivity index (χ3n) is 13.2. The van der Waals surface area contributed by atoms with Crippen LogP contribution in [0.2, 0.25) is 0 Å². The van der Waals surface area contributed by atoms with Gasteiger partial charge in [-0.05, 0) is 65.6 Å². The van der Waals surface area contributed by atoms with Gasteiger partial charge in [0.15, 0.2) is 0 Å². The standard InChI is InChI=1S/C55H69F3N10O10S/c1-36(2)49(63-45(69)15-11-8-12-24-67-47(71)22-23-48(67)72)52(73)59-31-46(70)61-41-19-16-38(17-20-41)35-78-53(74)60-30-40(57)33-68(54(75)64-25-27-66(28-26-64)79(6,76)77)50(55(3,4)5)51-62-44(42-29-39(56)18-21-43(42)58)34-65(51)32-37-13-9-7-10-14-37/h7,9-10,13-14,16-23,29,34,36,40,49-50H,8,11-12,15,24-28,30-33,35H2,1-6H3,(H,59,73)(H,60,74)(H,61,70)(H,63,69)/t40-,49?,50-/m0/s1. The summed E-state index contributed by atoms with van der Waals surface area (Å²) >= 11 is 0. The van der Waals surface area contributed by atoms with Crippen molar-refractivity contribution in [3.05, 3.63) is 120 Å². The van der Waals surface area contributed by atoms with E-state index in [4.69, 9.17) is 9.72 Å². The van der Waals surface area contributed by atoms with E-state index in [0.29, 0.717) is 30.5 Å². The number of sulfonamides is 1. The fraction of sp³-hybridized carbons (Fsp3) is 0.455. The molecule has 1 unspecified atom stereocenters. The van der Waals surface area contributed by atoms with Crippen LogP contribution in [-0.2, 0) is 51.9 Å². The summed E-state index contributed by atoms with van der Waals surface area (Å²) in [4.78, 5) is 98.4. The number of alkyl halides is 1. The maximum absolute atomic E-state index is 16.5. The van der Waals surface area contributed by atoms with Crippen LogP contribution in [0.3, 0.4) is 0 Å². The summed E-state index contributed by atoms with van der Waals surface area (Å²) in [5.41, 5.74) is 0.733.